The molecule has 0 aliphatic carbocycles. The lowest BCUT2D eigenvalue weighted by Crippen LogP contribution is -2.32. The second-order valence-corrected chi connectivity index (χ2v) is 9.09. The van der Waals surface area contributed by atoms with Crippen LogP contribution < -0.4 is 9.47 Å². The molecule has 0 bridgehead atoms. The van der Waals surface area contributed by atoms with Crippen molar-refractivity contribution in [3.05, 3.63) is 97.9 Å². The number of carbonyl (C=O) groups is 2. The number of ether oxygens (including phenoxy) is 2. The van der Waals surface area contributed by atoms with Crippen LogP contribution in [-0.4, -0.2) is 34.1 Å². The van der Waals surface area contributed by atoms with Crippen LogP contribution in [0.3, 0.4) is 0 Å². The molecule has 0 atom stereocenters. The lowest BCUT2D eigenvalue weighted by molar-refractivity contribution is -0.385. The van der Waals surface area contributed by atoms with Gasteiger partial charge in [0.05, 0.1) is 27.0 Å². The predicted octanol–water partition coefficient (Wildman–Crippen LogP) is 7.17. The number of rotatable bonds is 8. The Labute approximate surface area is 222 Å². The number of nitro groups is 1. The minimum atomic E-state index is -4.78. The van der Waals surface area contributed by atoms with Crippen LogP contribution in [0.15, 0.2) is 71.6 Å². The van der Waals surface area contributed by atoms with Crippen LogP contribution in [-0.2, 0) is 11.0 Å². The second kappa shape index (κ2) is 11.2. The van der Waals surface area contributed by atoms with E-state index in [2.05, 4.69) is 0 Å². The van der Waals surface area contributed by atoms with Gasteiger partial charge in [-0.1, -0.05) is 41.9 Å². The van der Waals surface area contributed by atoms with Gasteiger partial charge >= 0.3 is 11.9 Å². The highest BCUT2D eigenvalue weighted by Gasteiger charge is 2.36. The maximum absolute atomic E-state index is 13.0. The quantitative estimate of drug-likeness (QED) is 0.162. The first-order valence-electron chi connectivity index (χ1n) is 10.8. The number of thioether (sulfide) groups is 1. The molecule has 38 heavy (non-hydrogen) atoms. The summed E-state index contributed by atoms with van der Waals surface area (Å²) in [5.41, 5.74) is -1.80. The van der Waals surface area contributed by atoms with Gasteiger partial charge in [0.1, 0.15) is 18.1 Å². The number of carbonyl (C=O) groups excluding carboxylic acids is 2. The van der Waals surface area contributed by atoms with Crippen molar-refractivity contribution in [3.8, 4) is 17.2 Å². The molecular formula is C25H16ClF3N2O6S. The fourth-order valence-electron chi connectivity index (χ4n) is 3.38. The molecule has 0 N–H and O–H groups in total. The standard InChI is InChI=1S/C25H16ClF3N2O6S/c26-17-6-2-4-8-20(17)36-12-11-30-23(32)22(38-24(30)33)13-15-5-1-3-7-19(15)37-21-10-9-16(25(27,28)29)14-18(21)31(34)35/h1-10,13-14H,11-12H2/b22-13-. The summed E-state index contributed by atoms with van der Waals surface area (Å²) in [6.07, 6.45) is -3.41. The fraction of sp³-hybridized carbons (Fsp3) is 0.120. The van der Waals surface area contributed by atoms with Gasteiger partial charge < -0.3 is 9.47 Å². The molecule has 0 radical (unpaired) electrons. The number of hydrogen-bond acceptors (Lipinski definition) is 7. The number of imide groups is 1. The van der Waals surface area contributed by atoms with Crippen LogP contribution in [0.1, 0.15) is 11.1 Å². The maximum Gasteiger partial charge on any atom is 0.416 e. The van der Waals surface area contributed by atoms with Gasteiger partial charge in [0.25, 0.3) is 11.1 Å². The molecule has 1 fully saturated rings. The number of halogens is 4. The zero-order valence-electron chi connectivity index (χ0n) is 19.1. The van der Waals surface area contributed by atoms with Crippen LogP contribution >= 0.6 is 23.4 Å². The van der Waals surface area contributed by atoms with E-state index in [9.17, 15) is 32.9 Å². The molecule has 1 saturated heterocycles. The van der Waals surface area contributed by atoms with Gasteiger partial charge in [-0.05, 0) is 48.2 Å². The molecule has 4 rings (SSSR count). The number of amides is 2. The van der Waals surface area contributed by atoms with Crippen molar-refractivity contribution >= 4 is 46.3 Å². The predicted molar refractivity (Wildman–Crippen MR) is 134 cm³/mol. The Kier molecular flexibility index (Phi) is 7.93. The van der Waals surface area contributed by atoms with E-state index in [1.807, 2.05) is 0 Å². The van der Waals surface area contributed by atoms with E-state index < -0.39 is 39.2 Å². The van der Waals surface area contributed by atoms with Gasteiger partial charge in [0.2, 0.25) is 5.75 Å². The Morgan fingerprint density at radius 2 is 1.68 bits per heavy atom. The number of alkyl halides is 3. The highest BCUT2D eigenvalue weighted by Crippen LogP contribution is 2.40. The van der Waals surface area contributed by atoms with Gasteiger partial charge in [-0.15, -0.1) is 0 Å². The van der Waals surface area contributed by atoms with Gasteiger partial charge in [-0.25, -0.2) is 0 Å². The van der Waals surface area contributed by atoms with Gasteiger partial charge in [-0.3, -0.25) is 24.6 Å². The molecule has 1 aliphatic heterocycles. The molecule has 3 aromatic rings. The molecule has 1 heterocycles. The average molecular weight is 565 g/mol. The number of nitrogens with zero attached hydrogens (tertiary/aromatic N) is 2. The van der Waals surface area contributed by atoms with Crippen LogP contribution in [0.25, 0.3) is 6.08 Å². The highest BCUT2D eigenvalue weighted by atomic mass is 35.5. The summed E-state index contributed by atoms with van der Waals surface area (Å²) in [7, 11) is 0. The van der Waals surface area contributed by atoms with Crippen LogP contribution in [0.4, 0.5) is 23.7 Å². The van der Waals surface area contributed by atoms with Crippen molar-refractivity contribution < 1.29 is 37.2 Å². The number of benzene rings is 3. The minimum absolute atomic E-state index is 0.00629. The van der Waals surface area contributed by atoms with Gasteiger partial charge in [0, 0.05) is 11.6 Å². The topological polar surface area (TPSA) is 99.0 Å². The Balaban J connectivity index is 1.53. The number of para-hydroxylation sites is 2. The van der Waals surface area contributed by atoms with Crippen LogP contribution in [0, 0.1) is 10.1 Å². The summed E-state index contributed by atoms with van der Waals surface area (Å²) in [4.78, 5) is 36.8. The zero-order chi connectivity index (χ0) is 27.4. The molecule has 13 heteroatoms. The maximum atomic E-state index is 13.0. The van der Waals surface area contributed by atoms with Gasteiger partial charge in [-0.2, -0.15) is 13.2 Å². The second-order valence-electron chi connectivity index (χ2n) is 7.69. The lowest BCUT2D eigenvalue weighted by atomic mass is 10.1. The fourth-order valence-corrected chi connectivity index (χ4v) is 4.42. The van der Waals surface area contributed by atoms with Crippen molar-refractivity contribution in [1.29, 1.82) is 0 Å². The molecule has 2 amide bonds. The van der Waals surface area contributed by atoms with E-state index >= 15 is 0 Å². The normalized spacial score (nSPS) is 14.7. The van der Waals surface area contributed by atoms with E-state index in [1.165, 1.54) is 18.2 Å². The molecule has 8 nitrogen and oxygen atoms in total. The molecule has 0 unspecified atom stereocenters. The third-order valence-corrected chi connectivity index (χ3v) is 6.41. The molecular weight excluding hydrogens is 549 g/mol. The average Bonchev–Trinajstić information content (AvgIpc) is 3.13. The number of hydrogen-bond donors (Lipinski definition) is 0. The van der Waals surface area contributed by atoms with Crippen molar-refractivity contribution in [2.24, 2.45) is 0 Å². The van der Waals surface area contributed by atoms with Crippen molar-refractivity contribution in [1.82, 2.24) is 4.90 Å². The van der Waals surface area contributed by atoms with E-state index in [1.54, 1.807) is 36.4 Å². The largest absolute Gasteiger partial charge is 0.490 e. The van der Waals surface area contributed by atoms with Gasteiger partial charge in [0.15, 0.2) is 0 Å². The molecule has 0 spiro atoms. The van der Waals surface area contributed by atoms with E-state index in [-0.39, 0.29) is 29.4 Å². The summed E-state index contributed by atoms with van der Waals surface area (Å²) in [5, 5.41) is 11.3. The molecule has 0 aromatic heterocycles. The highest BCUT2D eigenvalue weighted by molar-refractivity contribution is 8.18. The van der Waals surface area contributed by atoms with Crippen molar-refractivity contribution in [3.63, 3.8) is 0 Å². The monoisotopic (exact) mass is 564 g/mol. The summed E-state index contributed by atoms with van der Waals surface area (Å²) >= 11 is 6.71. The zero-order valence-corrected chi connectivity index (χ0v) is 20.7. The number of nitro benzene ring substituents is 1. The molecule has 3 aromatic carbocycles. The first-order valence-corrected chi connectivity index (χ1v) is 12.0. The van der Waals surface area contributed by atoms with Crippen LogP contribution in [0.2, 0.25) is 5.02 Å². The molecule has 196 valence electrons. The first kappa shape index (κ1) is 27.0. The van der Waals surface area contributed by atoms with Crippen molar-refractivity contribution in [2.75, 3.05) is 13.2 Å². The van der Waals surface area contributed by atoms with Crippen molar-refractivity contribution in [2.45, 2.75) is 6.18 Å². The van der Waals surface area contributed by atoms with Crippen LogP contribution in [0.5, 0.6) is 17.2 Å². The third kappa shape index (κ3) is 6.09. The van der Waals surface area contributed by atoms with E-state index in [0.29, 0.717) is 34.7 Å². The third-order valence-electron chi connectivity index (χ3n) is 5.19. The lowest BCUT2D eigenvalue weighted by Gasteiger charge is -2.14. The summed E-state index contributed by atoms with van der Waals surface area (Å²) in [5.74, 6) is -0.573. The summed E-state index contributed by atoms with van der Waals surface area (Å²) in [6, 6.07) is 14.7. The SMILES string of the molecule is O=C1S/C(=C\c2ccccc2Oc2ccc(C(F)(F)F)cc2[N+](=O)[O-])C(=O)N1CCOc1ccccc1Cl. The smallest absolute Gasteiger partial charge is 0.416 e. The Hall–Kier alpha value is -4.03. The van der Waals surface area contributed by atoms with E-state index in [4.69, 9.17) is 21.1 Å². The Morgan fingerprint density at radius 3 is 2.37 bits per heavy atom. The Morgan fingerprint density at radius 1 is 1.00 bits per heavy atom. The molecule has 0 saturated carbocycles. The first-order chi connectivity index (χ1) is 18.0. The van der Waals surface area contributed by atoms with E-state index in [0.717, 1.165) is 11.0 Å². The minimum Gasteiger partial charge on any atom is -0.490 e. The Bertz CT molecular complexity index is 1450. The summed E-state index contributed by atoms with van der Waals surface area (Å²) < 4.78 is 50.2. The summed E-state index contributed by atoms with van der Waals surface area (Å²) in [6.45, 7) is -0.0323. The molecule has 1 aliphatic rings.